The van der Waals surface area contributed by atoms with Gasteiger partial charge in [0.05, 0.1) is 0 Å². The zero-order valence-corrected chi connectivity index (χ0v) is 13.3. The van der Waals surface area contributed by atoms with Crippen LogP contribution in [0.25, 0.3) is 4.91 Å². The molecule has 1 aliphatic heterocycles. The number of rotatable bonds is 1. The minimum absolute atomic E-state index is 0.0315. The summed E-state index contributed by atoms with van der Waals surface area (Å²) in [6, 6.07) is 4.01. The maximum Gasteiger partial charge on any atom is 0.178 e. The minimum Gasteiger partial charge on any atom is -0.507 e. The summed E-state index contributed by atoms with van der Waals surface area (Å²) in [5, 5.41) is 9.86. The van der Waals surface area contributed by atoms with Crippen LogP contribution in [0.4, 0.5) is 0 Å². The Morgan fingerprint density at radius 3 is 2.19 bits per heavy atom. The van der Waals surface area contributed by atoms with E-state index in [2.05, 4.69) is 6.08 Å². The van der Waals surface area contributed by atoms with Crippen LogP contribution in [0.5, 0.6) is 5.75 Å². The number of hydrogen-bond acceptors (Lipinski definition) is 4. The van der Waals surface area contributed by atoms with E-state index in [1.807, 2.05) is 38.1 Å². The lowest BCUT2D eigenvalue weighted by Gasteiger charge is -2.07. The molecule has 3 rings (SSSR count). The van der Waals surface area contributed by atoms with E-state index < -0.39 is 0 Å². The molecular weight excluding hydrogens is 300 g/mol. The molecule has 0 radical (unpaired) electrons. The Balaban J connectivity index is 1.97. The van der Waals surface area contributed by atoms with E-state index in [0.717, 1.165) is 27.2 Å². The van der Waals surface area contributed by atoms with Crippen LogP contribution in [0.3, 0.4) is 0 Å². The van der Waals surface area contributed by atoms with Crippen LogP contribution < -0.4 is 0 Å². The van der Waals surface area contributed by atoms with Gasteiger partial charge in [0.1, 0.15) is 5.75 Å². The van der Waals surface area contributed by atoms with E-state index >= 15 is 0 Å². The molecule has 4 heteroatoms. The molecule has 0 unspecified atom stereocenters. The molecule has 106 valence electrons. The van der Waals surface area contributed by atoms with Crippen molar-refractivity contribution >= 4 is 32.3 Å². The fourth-order valence-corrected chi connectivity index (χ4v) is 4.67. The van der Waals surface area contributed by atoms with E-state index in [1.165, 1.54) is 4.91 Å². The molecule has 0 bridgehead atoms. The number of phenolic OH excluding ortho intramolecular Hbond substituents is 1. The molecule has 0 fully saturated rings. The van der Waals surface area contributed by atoms with Crippen molar-refractivity contribution in [2.75, 3.05) is 0 Å². The van der Waals surface area contributed by atoms with E-state index in [-0.39, 0.29) is 5.78 Å². The second-order valence-corrected chi connectivity index (χ2v) is 7.24. The molecule has 0 atom stereocenters. The number of allylic oxidation sites excluding steroid dienone is 6. The fourth-order valence-electron chi connectivity index (χ4n) is 2.24. The third kappa shape index (κ3) is 2.87. The van der Waals surface area contributed by atoms with Crippen molar-refractivity contribution in [1.29, 1.82) is 0 Å². The molecule has 2 aliphatic rings. The van der Waals surface area contributed by atoms with Crippen molar-refractivity contribution in [2.45, 2.75) is 13.8 Å². The molecule has 0 aromatic heterocycles. The summed E-state index contributed by atoms with van der Waals surface area (Å²) in [4.78, 5) is 13.5. The lowest BCUT2D eigenvalue weighted by molar-refractivity contribution is -0.110. The molecular formula is C17H14O2S2. The molecule has 0 saturated heterocycles. The first-order valence-electron chi connectivity index (χ1n) is 6.56. The van der Waals surface area contributed by atoms with Gasteiger partial charge in [0, 0.05) is 9.81 Å². The fraction of sp³-hybridized carbons (Fsp3) is 0.118. The Bertz CT molecular complexity index is 711. The number of aryl methyl sites for hydroxylation is 2. The molecule has 1 heterocycles. The van der Waals surface area contributed by atoms with Crippen LogP contribution in [-0.2, 0) is 4.79 Å². The van der Waals surface area contributed by atoms with Gasteiger partial charge in [0.2, 0.25) is 0 Å². The quantitative estimate of drug-likeness (QED) is 0.763. The van der Waals surface area contributed by atoms with Gasteiger partial charge in [-0.3, -0.25) is 4.79 Å². The molecule has 0 saturated carbocycles. The Kier molecular flexibility index (Phi) is 3.83. The zero-order valence-electron chi connectivity index (χ0n) is 11.7. The van der Waals surface area contributed by atoms with Gasteiger partial charge in [-0.1, -0.05) is 21.6 Å². The number of hydrogen-bond donors (Lipinski definition) is 1. The van der Waals surface area contributed by atoms with Crippen LogP contribution in [-0.4, -0.2) is 10.9 Å². The van der Waals surface area contributed by atoms with Gasteiger partial charge in [-0.25, -0.2) is 0 Å². The predicted molar refractivity (Wildman–Crippen MR) is 91.1 cm³/mol. The van der Waals surface area contributed by atoms with Gasteiger partial charge in [0.15, 0.2) is 5.78 Å². The van der Waals surface area contributed by atoms with Crippen molar-refractivity contribution in [3.63, 3.8) is 0 Å². The summed E-state index contributed by atoms with van der Waals surface area (Å²) in [7, 11) is 3.40. The second-order valence-electron chi connectivity index (χ2n) is 5.02. The van der Waals surface area contributed by atoms with Crippen LogP contribution in [0.1, 0.15) is 16.7 Å². The zero-order chi connectivity index (χ0) is 15.0. The van der Waals surface area contributed by atoms with Crippen molar-refractivity contribution in [3.05, 3.63) is 69.7 Å². The van der Waals surface area contributed by atoms with E-state index in [9.17, 15) is 9.90 Å². The minimum atomic E-state index is 0.0315. The molecule has 2 nitrogen and oxygen atoms in total. The van der Waals surface area contributed by atoms with E-state index in [0.29, 0.717) is 5.75 Å². The summed E-state index contributed by atoms with van der Waals surface area (Å²) in [6.45, 7) is 3.83. The van der Waals surface area contributed by atoms with Crippen LogP contribution in [0, 0.1) is 13.8 Å². The highest BCUT2D eigenvalue weighted by atomic mass is 33.1. The normalized spacial score (nSPS) is 17.6. The number of phenols is 1. The first-order chi connectivity index (χ1) is 10.0. The number of benzene rings is 1. The Morgan fingerprint density at radius 1 is 0.952 bits per heavy atom. The third-order valence-electron chi connectivity index (χ3n) is 3.40. The molecule has 1 aliphatic carbocycles. The highest BCUT2D eigenvalue weighted by molar-refractivity contribution is 8.82. The molecule has 1 N–H and O–H groups in total. The smallest absolute Gasteiger partial charge is 0.178 e. The van der Waals surface area contributed by atoms with Gasteiger partial charge in [-0.05, 0) is 78.6 Å². The monoisotopic (exact) mass is 314 g/mol. The van der Waals surface area contributed by atoms with Gasteiger partial charge >= 0.3 is 0 Å². The van der Waals surface area contributed by atoms with Gasteiger partial charge in [0.25, 0.3) is 0 Å². The van der Waals surface area contributed by atoms with Crippen molar-refractivity contribution in [3.8, 4) is 5.75 Å². The molecule has 21 heavy (non-hydrogen) atoms. The number of carbonyl (C=O) groups excluding carboxylic acids is 1. The summed E-state index contributed by atoms with van der Waals surface area (Å²) in [5.74, 6) is 0.397. The van der Waals surface area contributed by atoms with Crippen LogP contribution >= 0.6 is 21.6 Å². The van der Waals surface area contributed by atoms with Gasteiger partial charge < -0.3 is 5.11 Å². The maximum atomic E-state index is 11.2. The lowest BCUT2D eigenvalue weighted by Crippen LogP contribution is -1.92. The van der Waals surface area contributed by atoms with E-state index in [4.69, 9.17) is 0 Å². The average Bonchev–Trinajstić information content (AvgIpc) is 2.95. The predicted octanol–water partition coefficient (Wildman–Crippen LogP) is 4.69. The highest BCUT2D eigenvalue weighted by Crippen LogP contribution is 2.51. The van der Waals surface area contributed by atoms with Crippen molar-refractivity contribution in [2.24, 2.45) is 0 Å². The first-order valence-corrected chi connectivity index (χ1v) is 8.71. The topological polar surface area (TPSA) is 37.3 Å². The Labute approximate surface area is 131 Å². The first kappa shape index (κ1) is 14.3. The van der Waals surface area contributed by atoms with E-state index in [1.54, 1.807) is 33.7 Å². The number of aromatic hydroxyl groups is 1. The standard InChI is InChI=1S/C17H14O2S2/c1-10-7-13(8-11(2)17(10)19)16-9-15(20-21-16)12-3-5-14(18)6-4-12/h3-9,19H,1-2H3. The molecule has 0 spiro atoms. The maximum absolute atomic E-state index is 11.2. The summed E-state index contributed by atoms with van der Waals surface area (Å²) < 4.78 is 0. The average molecular weight is 314 g/mol. The summed E-state index contributed by atoms with van der Waals surface area (Å²) in [5.41, 5.74) is 3.96. The molecule has 0 amide bonds. The van der Waals surface area contributed by atoms with Gasteiger partial charge in [-0.15, -0.1) is 0 Å². The summed E-state index contributed by atoms with van der Waals surface area (Å²) in [6.07, 6.45) is 9.04. The molecule has 1 aromatic carbocycles. The largest absolute Gasteiger partial charge is 0.507 e. The summed E-state index contributed by atoms with van der Waals surface area (Å²) >= 11 is 0. The molecule has 1 aromatic rings. The van der Waals surface area contributed by atoms with Crippen molar-refractivity contribution in [1.82, 2.24) is 0 Å². The van der Waals surface area contributed by atoms with Crippen LogP contribution in [0.2, 0.25) is 0 Å². The Hall–Kier alpha value is -1.65. The SMILES string of the molecule is Cc1cc(C2=CC(=C3C=CC(=O)C=C3)SS2)cc(C)c1O. The second kappa shape index (κ2) is 5.62. The highest BCUT2D eigenvalue weighted by Gasteiger charge is 2.17. The van der Waals surface area contributed by atoms with Crippen LogP contribution in [0.15, 0.2) is 53.0 Å². The van der Waals surface area contributed by atoms with Crippen molar-refractivity contribution < 1.29 is 9.90 Å². The lowest BCUT2D eigenvalue weighted by atomic mass is 10.0. The number of ketones is 1. The Morgan fingerprint density at radius 2 is 1.57 bits per heavy atom. The number of carbonyl (C=O) groups is 1. The van der Waals surface area contributed by atoms with Gasteiger partial charge in [-0.2, -0.15) is 0 Å². The third-order valence-corrected chi connectivity index (χ3v) is 5.87.